The van der Waals surface area contributed by atoms with Crippen LogP contribution in [0.4, 0.5) is 0 Å². The van der Waals surface area contributed by atoms with Crippen molar-refractivity contribution in [2.45, 2.75) is 26.7 Å². The largest absolute Gasteiger partial charge is 0.483 e. The minimum atomic E-state index is -1.04. The van der Waals surface area contributed by atoms with E-state index in [1.807, 2.05) is 19.1 Å². The lowest BCUT2D eigenvalue weighted by atomic mass is 10.0. The van der Waals surface area contributed by atoms with Gasteiger partial charge in [-0.3, -0.25) is 4.79 Å². The average Bonchev–Trinajstić information content (AvgIpc) is 2.66. The zero-order valence-electron chi connectivity index (χ0n) is 16.1. The fourth-order valence-corrected chi connectivity index (χ4v) is 2.28. The summed E-state index contributed by atoms with van der Waals surface area (Å²) < 4.78 is 10.6. The van der Waals surface area contributed by atoms with Crippen LogP contribution in [0.5, 0.6) is 11.5 Å². The Morgan fingerprint density at radius 3 is 2.46 bits per heavy atom. The molecule has 0 fully saturated rings. The molecule has 7 heteroatoms. The second kappa shape index (κ2) is 10.1. The summed E-state index contributed by atoms with van der Waals surface area (Å²) in [5, 5.41) is 12.5. The van der Waals surface area contributed by atoms with Gasteiger partial charge < -0.3 is 14.6 Å². The standard InChI is InChI=1S/C21H24N2O5/c1-14(2)17-7-4-15(3)19(10-17)28-12-20(24)23-22-11-16-5-8-18(9-6-16)27-13-21(25)26/h4-11,14H,12-13H2,1-3H3,(H,23,24)(H,25,26). The van der Waals surface area contributed by atoms with Crippen LogP contribution in [0.2, 0.25) is 0 Å². The van der Waals surface area contributed by atoms with Gasteiger partial charge in [-0.25, -0.2) is 10.2 Å². The molecule has 2 rings (SSSR count). The summed E-state index contributed by atoms with van der Waals surface area (Å²) in [4.78, 5) is 22.4. The molecule has 0 saturated carbocycles. The monoisotopic (exact) mass is 384 g/mol. The number of ether oxygens (including phenoxy) is 2. The number of aliphatic carboxylic acids is 1. The summed E-state index contributed by atoms with van der Waals surface area (Å²) in [6.45, 7) is 5.59. The molecule has 2 aromatic carbocycles. The fourth-order valence-electron chi connectivity index (χ4n) is 2.28. The van der Waals surface area contributed by atoms with Crippen LogP contribution in [0.15, 0.2) is 47.6 Å². The molecule has 2 aromatic rings. The van der Waals surface area contributed by atoms with Gasteiger partial charge in [-0.05, 0) is 59.9 Å². The van der Waals surface area contributed by atoms with E-state index in [0.29, 0.717) is 17.4 Å². The van der Waals surface area contributed by atoms with Gasteiger partial charge in [0.15, 0.2) is 13.2 Å². The Hall–Kier alpha value is -3.35. The topological polar surface area (TPSA) is 97.2 Å². The minimum Gasteiger partial charge on any atom is -0.483 e. The van der Waals surface area contributed by atoms with Crippen molar-refractivity contribution in [1.29, 1.82) is 0 Å². The van der Waals surface area contributed by atoms with Gasteiger partial charge in [-0.1, -0.05) is 26.0 Å². The summed E-state index contributed by atoms with van der Waals surface area (Å²) >= 11 is 0. The van der Waals surface area contributed by atoms with E-state index in [1.54, 1.807) is 24.3 Å². The van der Waals surface area contributed by atoms with Crippen LogP contribution in [0.25, 0.3) is 0 Å². The number of amides is 1. The Kier molecular flexibility index (Phi) is 7.56. The smallest absolute Gasteiger partial charge is 0.341 e. The van der Waals surface area contributed by atoms with Crippen molar-refractivity contribution in [3.05, 3.63) is 59.2 Å². The fraction of sp³-hybridized carbons (Fsp3) is 0.286. The van der Waals surface area contributed by atoms with E-state index in [1.165, 1.54) is 6.21 Å². The molecule has 0 saturated heterocycles. The molecule has 28 heavy (non-hydrogen) atoms. The number of nitrogens with zero attached hydrogens (tertiary/aromatic N) is 1. The molecular weight excluding hydrogens is 360 g/mol. The maximum Gasteiger partial charge on any atom is 0.341 e. The van der Waals surface area contributed by atoms with Crippen molar-refractivity contribution in [2.75, 3.05) is 13.2 Å². The van der Waals surface area contributed by atoms with Crippen molar-refractivity contribution in [3.8, 4) is 11.5 Å². The van der Waals surface area contributed by atoms with E-state index in [0.717, 1.165) is 16.7 Å². The molecule has 0 radical (unpaired) electrons. The molecule has 0 aromatic heterocycles. The molecule has 0 spiro atoms. The first-order chi connectivity index (χ1) is 13.3. The molecule has 0 aliphatic heterocycles. The number of nitrogens with one attached hydrogen (secondary N) is 1. The van der Waals surface area contributed by atoms with Crippen LogP contribution in [-0.4, -0.2) is 36.4 Å². The van der Waals surface area contributed by atoms with Gasteiger partial charge in [0.05, 0.1) is 6.21 Å². The van der Waals surface area contributed by atoms with Gasteiger partial charge in [0, 0.05) is 0 Å². The van der Waals surface area contributed by atoms with Gasteiger partial charge in [0.1, 0.15) is 11.5 Å². The summed E-state index contributed by atoms with van der Waals surface area (Å²) in [5.41, 5.74) is 5.25. The Labute approximate surface area is 164 Å². The number of carboxylic acids is 1. The first-order valence-electron chi connectivity index (χ1n) is 8.85. The molecule has 0 atom stereocenters. The first kappa shape index (κ1) is 21.0. The van der Waals surface area contributed by atoms with E-state index < -0.39 is 12.6 Å². The average molecular weight is 384 g/mol. The molecule has 0 unspecified atom stereocenters. The number of aryl methyl sites for hydroxylation is 1. The van der Waals surface area contributed by atoms with Gasteiger partial charge >= 0.3 is 5.97 Å². The van der Waals surface area contributed by atoms with Gasteiger partial charge in [0.25, 0.3) is 5.91 Å². The SMILES string of the molecule is Cc1ccc(C(C)C)cc1OCC(=O)NN=Cc1ccc(OCC(=O)O)cc1. The maximum atomic E-state index is 11.9. The van der Waals surface area contributed by atoms with E-state index in [-0.39, 0.29) is 12.5 Å². The van der Waals surface area contributed by atoms with E-state index in [9.17, 15) is 9.59 Å². The number of carbonyl (C=O) groups excluding carboxylic acids is 1. The molecule has 0 aliphatic rings. The Bertz CT molecular complexity index is 844. The number of hydrogen-bond donors (Lipinski definition) is 2. The number of rotatable bonds is 9. The predicted octanol–water partition coefficient (Wildman–Crippen LogP) is 3.11. The third-order valence-electron chi connectivity index (χ3n) is 3.88. The summed E-state index contributed by atoms with van der Waals surface area (Å²) in [6.07, 6.45) is 1.48. The first-order valence-corrected chi connectivity index (χ1v) is 8.85. The van der Waals surface area contributed by atoms with Crippen LogP contribution in [0.1, 0.15) is 36.5 Å². The lowest BCUT2D eigenvalue weighted by Crippen LogP contribution is -2.24. The van der Waals surface area contributed by atoms with Crippen molar-refractivity contribution in [2.24, 2.45) is 5.10 Å². The molecule has 0 aliphatic carbocycles. The second-order valence-electron chi connectivity index (χ2n) is 6.51. The minimum absolute atomic E-state index is 0.137. The van der Waals surface area contributed by atoms with Crippen molar-refractivity contribution < 1.29 is 24.2 Å². The van der Waals surface area contributed by atoms with E-state index >= 15 is 0 Å². The number of benzene rings is 2. The zero-order chi connectivity index (χ0) is 20.5. The third-order valence-corrected chi connectivity index (χ3v) is 3.88. The van der Waals surface area contributed by atoms with Crippen LogP contribution in [-0.2, 0) is 9.59 Å². The summed E-state index contributed by atoms with van der Waals surface area (Å²) in [5.74, 6) is 0.0919. The van der Waals surface area contributed by atoms with Crippen LogP contribution in [0.3, 0.4) is 0 Å². The highest BCUT2D eigenvalue weighted by Gasteiger charge is 2.07. The summed E-state index contributed by atoms with van der Waals surface area (Å²) in [6, 6.07) is 12.6. The zero-order valence-corrected chi connectivity index (χ0v) is 16.1. The number of carbonyl (C=O) groups is 2. The Morgan fingerprint density at radius 2 is 1.82 bits per heavy atom. The van der Waals surface area contributed by atoms with Crippen molar-refractivity contribution in [1.82, 2.24) is 5.43 Å². The Morgan fingerprint density at radius 1 is 1.11 bits per heavy atom. The summed E-state index contributed by atoms with van der Waals surface area (Å²) in [7, 11) is 0. The third kappa shape index (κ3) is 6.75. The van der Waals surface area contributed by atoms with Crippen LogP contribution in [0, 0.1) is 6.92 Å². The van der Waals surface area contributed by atoms with Crippen LogP contribution < -0.4 is 14.9 Å². The highest BCUT2D eigenvalue weighted by molar-refractivity contribution is 5.83. The highest BCUT2D eigenvalue weighted by atomic mass is 16.5. The van der Waals surface area contributed by atoms with E-state index in [2.05, 4.69) is 30.4 Å². The number of hydrogen-bond acceptors (Lipinski definition) is 5. The van der Waals surface area contributed by atoms with Crippen molar-refractivity contribution >= 4 is 18.1 Å². The molecular formula is C21H24N2O5. The molecule has 148 valence electrons. The van der Waals surface area contributed by atoms with Crippen LogP contribution >= 0.6 is 0 Å². The molecule has 7 nitrogen and oxygen atoms in total. The lowest BCUT2D eigenvalue weighted by molar-refractivity contribution is -0.139. The normalized spacial score (nSPS) is 10.9. The van der Waals surface area contributed by atoms with Gasteiger partial charge in [-0.15, -0.1) is 0 Å². The predicted molar refractivity (Wildman–Crippen MR) is 106 cm³/mol. The highest BCUT2D eigenvalue weighted by Crippen LogP contribution is 2.24. The molecule has 0 heterocycles. The molecule has 1 amide bonds. The Balaban J connectivity index is 1.82. The molecule has 0 bridgehead atoms. The molecule has 2 N–H and O–H groups in total. The number of hydrazone groups is 1. The lowest BCUT2D eigenvalue weighted by Gasteiger charge is -2.12. The van der Waals surface area contributed by atoms with E-state index in [4.69, 9.17) is 14.6 Å². The second-order valence-corrected chi connectivity index (χ2v) is 6.51. The maximum absolute atomic E-state index is 11.9. The van der Waals surface area contributed by atoms with Gasteiger partial charge in [0.2, 0.25) is 0 Å². The van der Waals surface area contributed by atoms with Crippen molar-refractivity contribution in [3.63, 3.8) is 0 Å². The number of carboxylic acid groups (broad SMARTS) is 1. The van der Waals surface area contributed by atoms with Gasteiger partial charge in [-0.2, -0.15) is 5.10 Å². The quantitative estimate of drug-likeness (QED) is 0.511.